The van der Waals surface area contributed by atoms with Gasteiger partial charge >= 0.3 is 0 Å². The number of carbonyl (C=O) groups excluding carboxylic acids is 1. The van der Waals surface area contributed by atoms with Gasteiger partial charge in [0.15, 0.2) is 0 Å². The van der Waals surface area contributed by atoms with Crippen LogP contribution in [0.3, 0.4) is 0 Å². The molecular weight excluding hydrogens is 433 g/mol. The minimum Gasteiger partial charge on any atom is -0.303 e. The second-order valence-corrected chi connectivity index (χ2v) is 6.94. The van der Waals surface area contributed by atoms with E-state index < -0.39 is 0 Å². The van der Waals surface area contributed by atoms with Crippen LogP contribution in [0.15, 0.2) is 78.9 Å². The number of hydrogen-bond donors (Lipinski definition) is 0. The van der Waals surface area contributed by atoms with Gasteiger partial charge in [-0.15, -0.1) is 0 Å². The molecular formula is C20H15ClINO. The Balaban J connectivity index is 2.02. The Hall–Kier alpha value is -1.85. The van der Waals surface area contributed by atoms with Gasteiger partial charge in [0.2, 0.25) is 0 Å². The third-order valence-corrected chi connectivity index (χ3v) is 4.75. The highest BCUT2D eigenvalue weighted by molar-refractivity contribution is 14.1. The molecule has 0 aromatic heterocycles. The summed E-state index contributed by atoms with van der Waals surface area (Å²) in [5, 5.41) is 0.662. The Morgan fingerprint density at radius 3 is 2.17 bits per heavy atom. The second kappa shape index (κ2) is 7.81. The lowest BCUT2D eigenvalue weighted by Crippen LogP contribution is -2.31. The predicted molar refractivity (Wildman–Crippen MR) is 108 cm³/mol. The Morgan fingerprint density at radius 1 is 0.917 bits per heavy atom. The van der Waals surface area contributed by atoms with Crippen LogP contribution in [0.25, 0.3) is 0 Å². The minimum absolute atomic E-state index is 0.0281. The van der Waals surface area contributed by atoms with Crippen LogP contribution in [0.2, 0.25) is 5.02 Å². The topological polar surface area (TPSA) is 20.3 Å². The van der Waals surface area contributed by atoms with Crippen molar-refractivity contribution in [3.05, 3.63) is 98.6 Å². The molecule has 3 aromatic rings. The van der Waals surface area contributed by atoms with Gasteiger partial charge in [-0.2, -0.15) is 0 Å². The summed E-state index contributed by atoms with van der Waals surface area (Å²) in [5.41, 5.74) is 2.60. The molecule has 0 saturated heterocycles. The van der Waals surface area contributed by atoms with Crippen LogP contribution in [0.1, 0.15) is 15.9 Å². The van der Waals surface area contributed by atoms with Gasteiger partial charge in [-0.25, -0.2) is 0 Å². The maximum Gasteiger partial charge on any atom is 0.258 e. The van der Waals surface area contributed by atoms with Gasteiger partial charge in [-0.05, 0) is 58.5 Å². The van der Waals surface area contributed by atoms with E-state index in [1.807, 2.05) is 78.9 Å². The van der Waals surface area contributed by atoms with E-state index in [1.165, 1.54) is 0 Å². The van der Waals surface area contributed by atoms with Gasteiger partial charge in [0.25, 0.3) is 5.91 Å². The minimum atomic E-state index is -0.0281. The summed E-state index contributed by atoms with van der Waals surface area (Å²) in [4.78, 5) is 14.9. The lowest BCUT2D eigenvalue weighted by molar-refractivity contribution is 0.0985. The highest BCUT2D eigenvalue weighted by atomic mass is 127. The van der Waals surface area contributed by atoms with Crippen LogP contribution in [-0.2, 0) is 6.54 Å². The molecule has 0 unspecified atom stereocenters. The smallest absolute Gasteiger partial charge is 0.258 e. The van der Waals surface area contributed by atoms with Gasteiger partial charge in [-0.3, -0.25) is 4.79 Å². The quantitative estimate of drug-likeness (QED) is 0.464. The average molecular weight is 448 g/mol. The monoisotopic (exact) mass is 447 g/mol. The zero-order valence-electron chi connectivity index (χ0n) is 12.8. The van der Waals surface area contributed by atoms with E-state index in [2.05, 4.69) is 22.6 Å². The number of halogens is 2. The van der Waals surface area contributed by atoms with Crippen molar-refractivity contribution in [1.29, 1.82) is 0 Å². The zero-order valence-corrected chi connectivity index (χ0v) is 15.7. The van der Waals surface area contributed by atoms with Crippen molar-refractivity contribution in [2.75, 3.05) is 4.90 Å². The van der Waals surface area contributed by atoms with Crippen molar-refractivity contribution in [3.63, 3.8) is 0 Å². The van der Waals surface area contributed by atoms with Crippen molar-refractivity contribution in [3.8, 4) is 0 Å². The second-order valence-electron chi connectivity index (χ2n) is 5.34. The van der Waals surface area contributed by atoms with Gasteiger partial charge in [-0.1, -0.05) is 60.1 Å². The zero-order chi connectivity index (χ0) is 16.9. The number of anilines is 1. The summed E-state index contributed by atoms with van der Waals surface area (Å²) >= 11 is 8.29. The Morgan fingerprint density at radius 2 is 1.54 bits per heavy atom. The number of benzene rings is 3. The van der Waals surface area contributed by atoms with Crippen LogP contribution in [-0.4, -0.2) is 5.91 Å². The molecule has 0 bridgehead atoms. The van der Waals surface area contributed by atoms with Gasteiger partial charge in [0.1, 0.15) is 0 Å². The SMILES string of the molecule is O=C(c1ccccc1)N(Cc1ccccc1)c1ccc(Cl)cc1I. The number of hydrogen-bond acceptors (Lipinski definition) is 1. The standard InChI is InChI=1S/C20H15ClINO/c21-17-11-12-19(18(22)13-17)23(14-15-7-3-1-4-8-15)20(24)16-9-5-2-6-10-16/h1-13H,14H2. The molecule has 0 fully saturated rings. The van der Waals surface area contributed by atoms with E-state index in [-0.39, 0.29) is 5.91 Å². The van der Waals surface area contributed by atoms with Crippen LogP contribution >= 0.6 is 34.2 Å². The predicted octanol–water partition coefficient (Wildman–Crippen LogP) is 5.79. The van der Waals surface area contributed by atoms with Crippen molar-refractivity contribution in [1.82, 2.24) is 0 Å². The highest BCUT2D eigenvalue weighted by Crippen LogP contribution is 2.28. The fourth-order valence-electron chi connectivity index (χ4n) is 2.47. The fourth-order valence-corrected chi connectivity index (χ4v) is 3.63. The average Bonchev–Trinajstić information content (AvgIpc) is 2.61. The molecule has 24 heavy (non-hydrogen) atoms. The van der Waals surface area contributed by atoms with E-state index in [1.54, 1.807) is 4.90 Å². The molecule has 0 heterocycles. The molecule has 0 aliphatic heterocycles. The number of nitrogens with zero attached hydrogens (tertiary/aromatic N) is 1. The Labute approximate surface area is 160 Å². The molecule has 2 nitrogen and oxygen atoms in total. The van der Waals surface area contributed by atoms with Crippen LogP contribution in [0.4, 0.5) is 5.69 Å². The highest BCUT2D eigenvalue weighted by Gasteiger charge is 2.20. The maximum atomic E-state index is 13.1. The van der Waals surface area contributed by atoms with Gasteiger partial charge in [0, 0.05) is 14.2 Å². The molecule has 0 aliphatic carbocycles. The molecule has 4 heteroatoms. The largest absolute Gasteiger partial charge is 0.303 e. The summed E-state index contributed by atoms with van der Waals surface area (Å²) in [6.45, 7) is 0.506. The molecule has 3 rings (SSSR count). The first-order valence-corrected chi connectivity index (χ1v) is 8.97. The van der Waals surface area contributed by atoms with E-state index in [0.29, 0.717) is 17.1 Å². The molecule has 0 saturated carbocycles. The van der Waals surface area contributed by atoms with Gasteiger partial charge < -0.3 is 4.90 Å². The maximum absolute atomic E-state index is 13.1. The van der Waals surface area contributed by atoms with Gasteiger partial charge in [0.05, 0.1) is 12.2 Å². The molecule has 1 amide bonds. The molecule has 0 spiro atoms. The summed E-state index contributed by atoms with van der Waals surface area (Å²) in [7, 11) is 0. The van der Waals surface area contributed by atoms with Crippen molar-refractivity contribution in [2.45, 2.75) is 6.54 Å². The normalized spacial score (nSPS) is 10.4. The summed E-state index contributed by atoms with van der Waals surface area (Å²) < 4.78 is 0.945. The lowest BCUT2D eigenvalue weighted by atomic mass is 10.1. The van der Waals surface area contributed by atoms with E-state index >= 15 is 0 Å². The molecule has 0 aliphatic rings. The number of amides is 1. The van der Waals surface area contributed by atoms with Crippen LogP contribution in [0.5, 0.6) is 0 Å². The molecule has 0 radical (unpaired) electrons. The van der Waals surface area contributed by atoms with E-state index in [4.69, 9.17) is 11.6 Å². The molecule has 120 valence electrons. The molecule has 0 atom stereocenters. The Kier molecular flexibility index (Phi) is 5.53. The van der Waals surface area contributed by atoms with E-state index in [0.717, 1.165) is 14.8 Å². The van der Waals surface area contributed by atoms with Crippen LogP contribution in [0, 0.1) is 3.57 Å². The lowest BCUT2D eigenvalue weighted by Gasteiger charge is -2.24. The number of rotatable bonds is 4. The number of carbonyl (C=O) groups is 1. The first-order valence-electron chi connectivity index (χ1n) is 7.51. The first-order chi connectivity index (χ1) is 11.6. The first kappa shape index (κ1) is 17.0. The van der Waals surface area contributed by atoms with Crippen molar-refractivity contribution >= 4 is 45.8 Å². The van der Waals surface area contributed by atoms with Crippen molar-refractivity contribution < 1.29 is 4.79 Å². The van der Waals surface area contributed by atoms with Crippen LogP contribution < -0.4 is 4.90 Å². The third kappa shape index (κ3) is 3.97. The van der Waals surface area contributed by atoms with Crippen molar-refractivity contribution in [2.24, 2.45) is 0 Å². The summed E-state index contributed by atoms with van der Waals surface area (Å²) in [6, 6.07) is 24.9. The summed E-state index contributed by atoms with van der Waals surface area (Å²) in [5.74, 6) is -0.0281. The molecule has 3 aromatic carbocycles. The fraction of sp³-hybridized carbons (Fsp3) is 0.0500. The van der Waals surface area contributed by atoms with E-state index in [9.17, 15) is 4.79 Å². The molecule has 0 N–H and O–H groups in total. The third-order valence-electron chi connectivity index (χ3n) is 3.65. The summed E-state index contributed by atoms with van der Waals surface area (Å²) in [6.07, 6.45) is 0. The Bertz CT molecular complexity index is 837.